The number of carbonyl (C=O) groups excluding carboxylic acids is 1. The van der Waals surface area contributed by atoms with Crippen molar-refractivity contribution in [1.82, 2.24) is 0 Å². The first-order valence-electron chi connectivity index (χ1n) is 10.1. The number of hydrogen-bond acceptors (Lipinski definition) is 5. The summed E-state index contributed by atoms with van der Waals surface area (Å²) >= 11 is 0. The smallest absolute Gasteiger partial charge is 0.490 e. The molecule has 2 aromatic rings. The maximum absolute atomic E-state index is 12.3. The van der Waals surface area contributed by atoms with Crippen LogP contribution in [0.2, 0.25) is 0 Å². The lowest BCUT2D eigenvalue weighted by Gasteiger charge is -2.13. The lowest BCUT2D eigenvalue weighted by atomic mass is 10.2. The Morgan fingerprint density at radius 1 is 0.643 bits per heavy atom. The van der Waals surface area contributed by atoms with Crippen LogP contribution in [0.5, 0.6) is 23.0 Å². The molecule has 0 amide bonds. The molecule has 0 aliphatic rings. The number of para-hydroxylation sites is 4. The Bertz CT molecular complexity index is 654. The SMILES string of the molecule is CCCCCOc1ccccc1OC(=O)Oc1ccccc1OCCCCC. The first kappa shape index (κ1) is 21.6. The van der Waals surface area contributed by atoms with Gasteiger partial charge in [-0.15, -0.1) is 0 Å². The normalized spacial score (nSPS) is 10.4. The summed E-state index contributed by atoms with van der Waals surface area (Å²) in [6.45, 7) is 5.44. The van der Waals surface area contributed by atoms with Crippen LogP contribution in [-0.2, 0) is 0 Å². The summed E-state index contributed by atoms with van der Waals surface area (Å²) in [6.07, 6.45) is 5.52. The Labute approximate surface area is 167 Å². The molecule has 0 fully saturated rings. The monoisotopic (exact) mass is 386 g/mol. The summed E-state index contributed by atoms with van der Waals surface area (Å²) in [7, 11) is 0. The van der Waals surface area contributed by atoms with E-state index in [4.69, 9.17) is 18.9 Å². The number of ether oxygens (including phenoxy) is 4. The molecular weight excluding hydrogens is 356 g/mol. The maximum atomic E-state index is 12.3. The molecule has 0 heterocycles. The van der Waals surface area contributed by atoms with Gasteiger partial charge in [0.05, 0.1) is 13.2 Å². The van der Waals surface area contributed by atoms with E-state index in [1.54, 1.807) is 36.4 Å². The van der Waals surface area contributed by atoms with Gasteiger partial charge in [-0.2, -0.15) is 0 Å². The molecule has 152 valence electrons. The molecule has 2 aromatic carbocycles. The molecule has 0 unspecified atom stereocenters. The standard InChI is InChI=1S/C23H30O5/c1-3-5-11-17-25-19-13-7-9-15-21(19)27-23(24)28-22-16-10-8-14-20(22)26-18-12-6-4-2/h7-10,13-16H,3-6,11-12,17-18H2,1-2H3. The Balaban J connectivity index is 1.94. The molecule has 0 aromatic heterocycles. The number of unbranched alkanes of at least 4 members (excludes halogenated alkanes) is 4. The summed E-state index contributed by atoms with van der Waals surface area (Å²) in [5.41, 5.74) is 0. The predicted octanol–water partition coefficient (Wildman–Crippen LogP) is 6.40. The van der Waals surface area contributed by atoms with Crippen LogP contribution in [0.15, 0.2) is 48.5 Å². The Hall–Kier alpha value is -2.69. The minimum atomic E-state index is -0.825. The van der Waals surface area contributed by atoms with Crippen molar-refractivity contribution in [2.45, 2.75) is 52.4 Å². The predicted molar refractivity (Wildman–Crippen MR) is 110 cm³/mol. The van der Waals surface area contributed by atoms with Gasteiger partial charge < -0.3 is 18.9 Å². The Morgan fingerprint density at radius 2 is 1.04 bits per heavy atom. The van der Waals surface area contributed by atoms with Crippen molar-refractivity contribution in [3.8, 4) is 23.0 Å². The highest BCUT2D eigenvalue weighted by atomic mass is 16.7. The summed E-state index contributed by atoms with van der Waals surface area (Å²) in [6, 6.07) is 14.2. The number of rotatable bonds is 12. The molecule has 0 aliphatic carbocycles. The lowest BCUT2D eigenvalue weighted by molar-refractivity contribution is 0.146. The molecule has 0 aliphatic heterocycles. The zero-order valence-electron chi connectivity index (χ0n) is 16.8. The van der Waals surface area contributed by atoms with E-state index in [-0.39, 0.29) is 0 Å². The lowest BCUT2D eigenvalue weighted by Crippen LogP contribution is -2.15. The van der Waals surface area contributed by atoms with Crippen molar-refractivity contribution in [3.63, 3.8) is 0 Å². The van der Waals surface area contributed by atoms with Crippen LogP contribution in [-0.4, -0.2) is 19.4 Å². The van der Waals surface area contributed by atoms with E-state index < -0.39 is 6.16 Å². The molecular formula is C23H30O5. The van der Waals surface area contributed by atoms with Crippen LogP contribution >= 0.6 is 0 Å². The van der Waals surface area contributed by atoms with E-state index in [9.17, 15) is 4.79 Å². The second kappa shape index (κ2) is 12.7. The average molecular weight is 386 g/mol. The minimum Gasteiger partial charge on any atom is -0.490 e. The molecule has 0 saturated heterocycles. The molecule has 0 radical (unpaired) electrons. The molecule has 28 heavy (non-hydrogen) atoms. The molecule has 2 rings (SSSR count). The maximum Gasteiger partial charge on any atom is 0.519 e. The van der Waals surface area contributed by atoms with E-state index in [1.807, 2.05) is 12.1 Å². The van der Waals surface area contributed by atoms with Crippen LogP contribution in [0.4, 0.5) is 4.79 Å². The van der Waals surface area contributed by atoms with E-state index in [0.29, 0.717) is 36.2 Å². The summed E-state index contributed by atoms with van der Waals surface area (Å²) in [5, 5.41) is 0. The fourth-order valence-corrected chi connectivity index (χ4v) is 2.58. The van der Waals surface area contributed by atoms with E-state index in [0.717, 1.165) is 38.5 Å². The highest BCUT2D eigenvalue weighted by molar-refractivity contribution is 5.69. The quantitative estimate of drug-likeness (QED) is 0.240. The van der Waals surface area contributed by atoms with E-state index in [1.165, 1.54) is 0 Å². The van der Waals surface area contributed by atoms with Crippen LogP contribution in [0.1, 0.15) is 52.4 Å². The van der Waals surface area contributed by atoms with Gasteiger partial charge in [-0.25, -0.2) is 4.79 Å². The minimum absolute atomic E-state index is 0.338. The van der Waals surface area contributed by atoms with Crippen LogP contribution < -0.4 is 18.9 Å². The van der Waals surface area contributed by atoms with Gasteiger partial charge in [0.25, 0.3) is 0 Å². The van der Waals surface area contributed by atoms with Crippen molar-refractivity contribution in [2.24, 2.45) is 0 Å². The van der Waals surface area contributed by atoms with Gasteiger partial charge in [0, 0.05) is 0 Å². The molecule has 0 saturated carbocycles. The average Bonchev–Trinajstić information content (AvgIpc) is 2.71. The van der Waals surface area contributed by atoms with Gasteiger partial charge in [-0.05, 0) is 37.1 Å². The van der Waals surface area contributed by atoms with Crippen molar-refractivity contribution in [3.05, 3.63) is 48.5 Å². The molecule has 0 atom stereocenters. The topological polar surface area (TPSA) is 54.0 Å². The highest BCUT2D eigenvalue weighted by Crippen LogP contribution is 2.30. The molecule has 5 nitrogen and oxygen atoms in total. The second-order valence-corrected chi connectivity index (χ2v) is 6.46. The van der Waals surface area contributed by atoms with Crippen LogP contribution in [0.25, 0.3) is 0 Å². The number of benzene rings is 2. The number of carbonyl (C=O) groups is 1. The highest BCUT2D eigenvalue weighted by Gasteiger charge is 2.15. The van der Waals surface area contributed by atoms with E-state index in [2.05, 4.69) is 13.8 Å². The largest absolute Gasteiger partial charge is 0.519 e. The van der Waals surface area contributed by atoms with Gasteiger partial charge in [0.1, 0.15) is 0 Å². The fraction of sp³-hybridized carbons (Fsp3) is 0.435. The second-order valence-electron chi connectivity index (χ2n) is 6.46. The molecule has 0 N–H and O–H groups in total. The molecule has 5 heteroatoms. The Morgan fingerprint density at radius 3 is 1.43 bits per heavy atom. The summed E-state index contributed by atoms with van der Waals surface area (Å²) in [5.74, 6) is 1.73. The Kier molecular flexibility index (Phi) is 9.76. The zero-order chi connectivity index (χ0) is 20.0. The number of hydrogen-bond donors (Lipinski definition) is 0. The fourth-order valence-electron chi connectivity index (χ4n) is 2.58. The van der Waals surface area contributed by atoms with Gasteiger partial charge in [0.2, 0.25) is 0 Å². The molecule has 0 spiro atoms. The van der Waals surface area contributed by atoms with Crippen molar-refractivity contribution < 1.29 is 23.7 Å². The van der Waals surface area contributed by atoms with Crippen molar-refractivity contribution in [2.75, 3.05) is 13.2 Å². The van der Waals surface area contributed by atoms with Crippen LogP contribution in [0.3, 0.4) is 0 Å². The van der Waals surface area contributed by atoms with Gasteiger partial charge in [0.15, 0.2) is 23.0 Å². The van der Waals surface area contributed by atoms with Crippen molar-refractivity contribution >= 4 is 6.16 Å². The van der Waals surface area contributed by atoms with Crippen molar-refractivity contribution in [1.29, 1.82) is 0 Å². The third kappa shape index (κ3) is 7.51. The van der Waals surface area contributed by atoms with Gasteiger partial charge in [-0.1, -0.05) is 63.8 Å². The van der Waals surface area contributed by atoms with E-state index >= 15 is 0 Å². The van der Waals surface area contributed by atoms with Crippen LogP contribution in [0, 0.1) is 0 Å². The zero-order valence-corrected chi connectivity index (χ0v) is 16.8. The third-order valence-electron chi connectivity index (χ3n) is 4.10. The third-order valence-corrected chi connectivity index (χ3v) is 4.10. The van der Waals surface area contributed by atoms with Gasteiger partial charge >= 0.3 is 6.16 Å². The first-order chi connectivity index (χ1) is 13.7. The summed E-state index contributed by atoms with van der Waals surface area (Å²) < 4.78 is 22.2. The first-order valence-corrected chi connectivity index (χ1v) is 10.1. The summed E-state index contributed by atoms with van der Waals surface area (Å²) in [4.78, 5) is 12.3. The van der Waals surface area contributed by atoms with Gasteiger partial charge in [-0.3, -0.25) is 0 Å². The molecule has 0 bridgehead atoms.